The average molecular weight is 279 g/mol. The first-order valence-corrected chi connectivity index (χ1v) is 7.67. The van der Waals surface area contributed by atoms with Crippen molar-refractivity contribution in [1.29, 1.82) is 0 Å². The molecule has 5 nitrogen and oxygen atoms in total. The summed E-state index contributed by atoms with van der Waals surface area (Å²) < 4.78 is 11.6. The Morgan fingerprint density at radius 3 is 2.95 bits per heavy atom. The summed E-state index contributed by atoms with van der Waals surface area (Å²) in [7, 11) is 0. The average Bonchev–Trinajstić information content (AvgIpc) is 2.51. The van der Waals surface area contributed by atoms with Gasteiger partial charge in [-0.3, -0.25) is 0 Å². The van der Waals surface area contributed by atoms with Gasteiger partial charge in [0.05, 0.1) is 11.7 Å². The Kier molecular flexibility index (Phi) is 6.05. The number of hydrogen-bond donors (Lipinski definition) is 1. The van der Waals surface area contributed by atoms with E-state index in [0.717, 1.165) is 50.2 Å². The maximum absolute atomic E-state index is 5.87. The van der Waals surface area contributed by atoms with Crippen molar-refractivity contribution in [2.45, 2.75) is 52.1 Å². The molecule has 1 aromatic heterocycles. The molecule has 1 N–H and O–H groups in total. The molecule has 1 aliphatic rings. The monoisotopic (exact) mass is 279 g/mol. The minimum Gasteiger partial charge on any atom is -0.475 e. The lowest BCUT2D eigenvalue weighted by Crippen LogP contribution is -2.26. The van der Waals surface area contributed by atoms with Gasteiger partial charge in [0.15, 0.2) is 0 Å². The van der Waals surface area contributed by atoms with E-state index >= 15 is 0 Å². The molecular weight excluding hydrogens is 254 g/mol. The molecule has 5 heteroatoms. The number of hydrogen-bond acceptors (Lipinski definition) is 5. The number of nitrogens with zero attached hydrogens (tertiary/aromatic N) is 2. The largest absolute Gasteiger partial charge is 0.475 e. The van der Waals surface area contributed by atoms with Crippen LogP contribution in [-0.4, -0.2) is 35.8 Å². The maximum Gasteiger partial charge on any atom is 0.221 e. The van der Waals surface area contributed by atoms with Gasteiger partial charge in [-0.25, -0.2) is 9.97 Å². The Balaban J connectivity index is 1.98. The summed E-state index contributed by atoms with van der Waals surface area (Å²) in [5, 5.41) is 3.33. The number of anilines is 1. The third-order valence-corrected chi connectivity index (χ3v) is 3.48. The van der Waals surface area contributed by atoms with Gasteiger partial charge in [-0.1, -0.05) is 13.8 Å². The normalized spacial score (nSPS) is 18.8. The Bertz CT molecular complexity index is 406. The van der Waals surface area contributed by atoms with E-state index in [-0.39, 0.29) is 6.10 Å². The van der Waals surface area contributed by atoms with Crippen molar-refractivity contribution in [2.75, 3.05) is 25.1 Å². The molecule has 0 aliphatic carbocycles. The Labute approximate surface area is 121 Å². The van der Waals surface area contributed by atoms with Crippen molar-refractivity contribution in [1.82, 2.24) is 9.97 Å². The standard InChI is InChI=1S/C15H25N3O2/c1-3-8-16-14-13(4-2)15(18-11-17-14)20-10-12-7-5-6-9-19-12/h11-12H,3-10H2,1-2H3,(H,16,17,18). The van der Waals surface area contributed by atoms with Crippen LogP contribution in [0.1, 0.15) is 45.1 Å². The number of ether oxygens (including phenoxy) is 2. The van der Waals surface area contributed by atoms with Gasteiger partial charge in [0.2, 0.25) is 5.88 Å². The molecule has 1 fully saturated rings. The van der Waals surface area contributed by atoms with Gasteiger partial charge < -0.3 is 14.8 Å². The first kappa shape index (κ1) is 15.0. The van der Waals surface area contributed by atoms with Crippen LogP contribution >= 0.6 is 0 Å². The summed E-state index contributed by atoms with van der Waals surface area (Å²) in [6, 6.07) is 0. The van der Waals surface area contributed by atoms with Crippen molar-refractivity contribution in [3.05, 3.63) is 11.9 Å². The van der Waals surface area contributed by atoms with Gasteiger partial charge in [-0.2, -0.15) is 0 Å². The molecule has 1 atom stereocenters. The fourth-order valence-electron chi connectivity index (χ4n) is 2.35. The molecule has 1 unspecified atom stereocenters. The summed E-state index contributed by atoms with van der Waals surface area (Å²) in [6.07, 6.45) is 7.15. The molecule has 20 heavy (non-hydrogen) atoms. The quantitative estimate of drug-likeness (QED) is 0.831. The van der Waals surface area contributed by atoms with Crippen LogP contribution in [0.3, 0.4) is 0 Å². The first-order valence-electron chi connectivity index (χ1n) is 7.67. The highest BCUT2D eigenvalue weighted by atomic mass is 16.5. The Hall–Kier alpha value is -1.36. The fraction of sp³-hybridized carbons (Fsp3) is 0.733. The minimum absolute atomic E-state index is 0.204. The van der Waals surface area contributed by atoms with Crippen LogP contribution in [0.25, 0.3) is 0 Å². The second-order valence-electron chi connectivity index (χ2n) is 5.09. The summed E-state index contributed by atoms with van der Waals surface area (Å²) >= 11 is 0. The van der Waals surface area contributed by atoms with Crippen LogP contribution in [0.2, 0.25) is 0 Å². The van der Waals surface area contributed by atoms with Crippen molar-refractivity contribution in [2.24, 2.45) is 0 Å². The van der Waals surface area contributed by atoms with Crippen LogP contribution in [0, 0.1) is 0 Å². The molecule has 2 rings (SSSR count). The van der Waals surface area contributed by atoms with Crippen LogP contribution < -0.4 is 10.1 Å². The van der Waals surface area contributed by atoms with Crippen LogP contribution in [-0.2, 0) is 11.2 Å². The van der Waals surface area contributed by atoms with Gasteiger partial charge in [-0.05, 0) is 32.1 Å². The molecule has 0 aromatic carbocycles. The highest BCUT2D eigenvalue weighted by Crippen LogP contribution is 2.23. The zero-order chi connectivity index (χ0) is 14.2. The summed E-state index contributed by atoms with van der Waals surface area (Å²) in [6.45, 7) is 6.57. The van der Waals surface area contributed by atoms with E-state index in [0.29, 0.717) is 12.5 Å². The summed E-state index contributed by atoms with van der Waals surface area (Å²) in [4.78, 5) is 8.58. The molecule has 1 aliphatic heterocycles. The highest BCUT2D eigenvalue weighted by molar-refractivity contribution is 5.48. The smallest absolute Gasteiger partial charge is 0.221 e. The summed E-state index contributed by atoms with van der Waals surface area (Å²) in [5.74, 6) is 1.58. The zero-order valence-corrected chi connectivity index (χ0v) is 12.5. The molecule has 112 valence electrons. The van der Waals surface area contributed by atoms with E-state index in [1.807, 2.05) is 0 Å². The fourth-order valence-corrected chi connectivity index (χ4v) is 2.35. The van der Waals surface area contributed by atoms with E-state index in [9.17, 15) is 0 Å². The van der Waals surface area contributed by atoms with E-state index < -0.39 is 0 Å². The van der Waals surface area contributed by atoms with Gasteiger partial charge in [0.1, 0.15) is 18.8 Å². The van der Waals surface area contributed by atoms with Crippen LogP contribution in [0.5, 0.6) is 5.88 Å². The SMILES string of the molecule is CCCNc1ncnc(OCC2CCCCO2)c1CC. The van der Waals surface area contributed by atoms with Gasteiger partial charge >= 0.3 is 0 Å². The van der Waals surface area contributed by atoms with Crippen molar-refractivity contribution in [3.8, 4) is 5.88 Å². The van der Waals surface area contributed by atoms with Gasteiger partial charge in [-0.15, -0.1) is 0 Å². The van der Waals surface area contributed by atoms with E-state index in [2.05, 4.69) is 29.1 Å². The second-order valence-corrected chi connectivity index (χ2v) is 5.09. The zero-order valence-electron chi connectivity index (χ0n) is 12.5. The Morgan fingerprint density at radius 2 is 2.25 bits per heavy atom. The van der Waals surface area contributed by atoms with E-state index in [4.69, 9.17) is 9.47 Å². The predicted molar refractivity (Wildman–Crippen MR) is 79.3 cm³/mol. The third kappa shape index (κ3) is 4.07. The molecular formula is C15H25N3O2. The van der Waals surface area contributed by atoms with E-state index in [1.165, 1.54) is 6.42 Å². The molecule has 1 aromatic rings. The number of nitrogens with one attached hydrogen (secondary N) is 1. The summed E-state index contributed by atoms with van der Waals surface area (Å²) in [5.41, 5.74) is 1.05. The van der Waals surface area contributed by atoms with Crippen molar-refractivity contribution < 1.29 is 9.47 Å². The van der Waals surface area contributed by atoms with Gasteiger partial charge in [0, 0.05) is 13.2 Å². The minimum atomic E-state index is 0.204. The Morgan fingerprint density at radius 1 is 1.35 bits per heavy atom. The maximum atomic E-state index is 5.87. The molecule has 0 radical (unpaired) electrons. The molecule has 1 saturated heterocycles. The topological polar surface area (TPSA) is 56.3 Å². The molecule has 0 spiro atoms. The number of aromatic nitrogens is 2. The van der Waals surface area contributed by atoms with Crippen molar-refractivity contribution in [3.63, 3.8) is 0 Å². The first-order chi connectivity index (χ1) is 9.85. The van der Waals surface area contributed by atoms with E-state index in [1.54, 1.807) is 6.33 Å². The number of rotatable bonds is 7. The second kappa shape index (κ2) is 8.04. The molecule has 0 saturated carbocycles. The third-order valence-electron chi connectivity index (χ3n) is 3.48. The van der Waals surface area contributed by atoms with Crippen molar-refractivity contribution >= 4 is 5.82 Å². The molecule has 0 amide bonds. The van der Waals surface area contributed by atoms with Crippen LogP contribution in [0.15, 0.2) is 6.33 Å². The lowest BCUT2D eigenvalue weighted by molar-refractivity contribution is -0.0121. The lowest BCUT2D eigenvalue weighted by atomic mass is 10.1. The van der Waals surface area contributed by atoms with Crippen LogP contribution in [0.4, 0.5) is 5.82 Å². The van der Waals surface area contributed by atoms with Gasteiger partial charge in [0.25, 0.3) is 0 Å². The lowest BCUT2D eigenvalue weighted by Gasteiger charge is -2.23. The highest BCUT2D eigenvalue weighted by Gasteiger charge is 2.17. The predicted octanol–water partition coefficient (Wildman–Crippen LogP) is 2.81. The molecule has 0 bridgehead atoms. The molecule has 2 heterocycles.